The van der Waals surface area contributed by atoms with Gasteiger partial charge >= 0.3 is 0 Å². The third-order valence-corrected chi connectivity index (χ3v) is 4.89. The lowest BCUT2D eigenvalue weighted by Gasteiger charge is -2.15. The maximum absolute atomic E-state index is 6.57. The summed E-state index contributed by atoms with van der Waals surface area (Å²) in [7, 11) is 0. The van der Waals surface area contributed by atoms with Crippen LogP contribution in [0.4, 0.5) is 0 Å². The number of hydrogen-bond donors (Lipinski definition) is 0. The summed E-state index contributed by atoms with van der Waals surface area (Å²) in [5.74, 6) is 0.824. The van der Waals surface area contributed by atoms with E-state index in [1.165, 1.54) is 0 Å². The molecule has 1 atom stereocenters. The van der Waals surface area contributed by atoms with Gasteiger partial charge in [-0.1, -0.05) is 40.5 Å². The lowest BCUT2D eigenvalue weighted by molar-refractivity contribution is 0.315. The van der Waals surface area contributed by atoms with Crippen LogP contribution in [-0.4, -0.2) is 6.61 Å². The fraction of sp³-hybridized carbons (Fsp3) is 0.250. The van der Waals surface area contributed by atoms with Crippen LogP contribution in [0.25, 0.3) is 0 Å². The van der Waals surface area contributed by atoms with Gasteiger partial charge in [-0.2, -0.15) is 0 Å². The molecule has 1 unspecified atom stereocenters. The van der Waals surface area contributed by atoms with E-state index >= 15 is 0 Å². The first-order valence-electron chi connectivity index (χ1n) is 6.54. The van der Waals surface area contributed by atoms with Gasteiger partial charge in [-0.25, -0.2) is 0 Å². The van der Waals surface area contributed by atoms with Crippen LogP contribution in [0.15, 0.2) is 45.3 Å². The van der Waals surface area contributed by atoms with E-state index in [1.807, 2.05) is 36.4 Å². The highest BCUT2D eigenvalue weighted by atomic mass is 79.9. The number of benzene rings is 2. The van der Waals surface area contributed by atoms with Crippen molar-refractivity contribution in [2.45, 2.75) is 18.7 Å². The van der Waals surface area contributed by atoms with Crippen molar-refractivity contribution in [3.63, 3.8) is 0 Å². The molecule has 0 aromatic heterocycles. The lowest BCUT2D eigenvalue weighted by atomic mass is 10.0. The van der Waals surface area contributed by atoms with Crippen LogP contribution < -0.4 is 4.74 Å². The van der Waals surface area contributed by atoms with Gasteiger partial charge in [0.1, 0.15) is 5.75 Å². The molecule has 112 valence electrons. The number of ether oxygens (including phenoxy) is 1. The second-order valence-electron chi connectivity index (χ2n) is 4.57. The van der Waals surface area contributed by atoms with Gasteiger partial charge in [0.25, 0.3) is 0 Å². The van der Waals surface area contributed by atoms with Crippen molar-refractivity contribution in [1.29, 1.82) is 0 Å². The van der Waals surface area contributed by atoms with Crippen LogP contribution in [0.2, 0.25) is 5.02 Å². The summed E-state index contributed by atoms with van der Waals surface area (Å²) < 4.78 is 7.49. The molecule has 0 saturated heterocycles. The molecule has 0 amide bonds. The van der Waals surface area contributed by atoms with Crippen molar-refractivity contribution in [2.24, 2.45) is 0 Å². The van der Waals surface area contributed by atoms with E-state index in [-0.39, 0.29) is 5.38 Å². The van der Waals surface area contributed by atoms with E-state index in [4.69, 9.17) is 27.9 Å². The number of halogens is 4. The predicted octanol–water partition coefficient (Wildman–Crippen LogP) is 6.98. The van der Waals surface area contributed by atoms with E-state index in [0.717, 1.165) is 32.2 Å². The molecule has 0 saturated carbocycles. The van der Waals surface area contributed by atoms with Crippen molar-refractivity contribution in [3.8, 4) is 5.75 Å². The Morgan fingerprint density at radius 2 is 1.90 bits per heavy atom. The quantitative estimate of drug-likeness (QED) is 0.444. The molecule has 0 spiro atoms. The van der Waals surface area contributed by atoms with Crippen LogP contribution in [0.5, 0.6) is 5.75 Å². The van der Waals surface area contributed by atoms with Gasteiger partial charge in [0.2, 0.25) is 0 Å². The molecular formula is C16H14Br2Cl2O. The van der Waals surface area contributed by atoms with Crippen molar-refractivity contribution < 1.29 is 4.74 Å². The zero-order chi connectivity index (χ0) is 15.4. The minimum Gasteiger partial charge on any atom is -0.492 e. The van der Waals surface area contributed by atoms with Gasteiger partial charge < -0.3 is 4.74 Å². The molecule has 2 aromatic carbocycles. The largest absolute Gasteiger partial charge is 0.492 e. The van der Waals surface area contributed by atoms with Gasteiger partial charge in [0, 0.05) is 9.50 Å². The van der Waals surface area contributed by atoms with E-state index in [0.29, 0.717) is 11.6 Å². The topological polar surface area (TPSA) is 9.23 Å². The number of hydrogen-bond acceptors (Lipinski definition) is 1. The first kappa shape index (κ1) is 17.1. The van der Waals surface area contributed by atoms with Crippen LogP contribution in [-0.2, 0) is 0 Å². The summed E-state index contributed by atoms with van der Waals surface area (Å²) in [4.78, 5) is 0. The molecule has 0 bridgehead atoms. The van der Waals surface area contributed by atoms with Gasteiger partial charge in [0.15, 0.2) is 0 Å². The van der Waals surface area contributed by atoms with Gasteiger partial charge in [-0.05, 0) is 63.8 Å². The standard InChI is InChI=1S/C16H14Br2Cl2O/c1-2-7-21-15-6-3-10(8-13(15)18)16(20)12-9-11(17)4-5-14(12)19/h3-6,8-9,16H,2,7H2,1H3. The van der Waals surface area contributed by atoms with Crippen LogP contribution in [0.1, 0.15) is 29.8 Å². The lowest BCUT2D eigenvalue weighted by Crippen LogP contribution is -1.98. The maximum atomic E-state index is 6.57. The van der Waals surface area contributed by atoms with E-state index < -0.39 is 0 Å². The Morgan fingerprint density at radius 3 is 2.57 bits per heavy atom. The zero-order valence-electron chi connectivity index (χ0n) is 11.4. The van der Waals surface area contributed by atoms with Crippen LogP contribution >= 0.6 is 55.1 Å². The van der Waals surface area contributed by atoms with Crippen molar-refractivity contribution >= 4 is 55.1 Å². The Morgan fingerprint density at radius 1 is 1.14 bits per heavy atom. The SMILES string of the molecule is CCCOc1ccc(C(Cl)c2cc(Br)ccc2Cl)cc1Br. The van der Waals surface area contributed by atoms with Crippen molar-refractivity contribution in [2.75, 3.05) is 6.61 Å². The van der Waals surface area contributed by atoms with Crippen LogP contribution in [0.3, 0.4) is 0 Å². The molecule has 2 rings (SSSR count). The highest BCUT2D eigenvalue weighted by Gasteiger charge is 2.16. The summed E-state index contributed by atoms with van der Waals surface area (Å²) in [6.07, 6.45) is 0.972. The normalized spacial score (nSPS) is 12.2. The molecule has 0 aliphatic rings. The molecule has 5 heteroatoms. The molecule has 21 heavy (non-hydrogen) atoms. The average Bonchev–Trinajstić information content (AvgIpc) is 2.47. The Bertz CT molecular complexity index is 632. The minimum atomic E-state index is -0.313. The van der Waals surface area contributed by atoms with Gasteiger partial charge in [-0.3, -0.25) is 0 Å². The fourth-order valence-corrected chi connectivity index (χ4v) is 3.38. The molecule has 0 N–H and O–H groups in total. The van der Waals surface area contributed by atoms with Crippen LogP contribution in [0, 0.1) is 0 Å². The molecule has 0 fully saturated rings. The Balaban J connectivity index is 2.29. The van der Waals surface area contributed by atoms with Gasteiger partial charge in [0.05, 0.1) is 16.5 Å². The third-order valence-electron chi connectivity index (χ3n) is 2.94. The number of rotatable bonds is 5. The second-order valence-corrected chi connectivity index (χ2v) is 7.18. The summed E-state index contributed by atoms with van der Waals surface area (Å²) in [6, 6.07) is 11.5. The molecule has 0 aliphatic heterocycles. The summed E-state index contributed by atoms with van der Waals surface area (Å²) in [5.41, 5.74) is 1.84. The first-order valence-corrected chi connectivity index (χ1v) is 8.94. The first-order chi connectivity index (χ1) is 10.0. The van der Waals surface area contributed by atoms with E-state index in [9.17, 15) is 0 Å². The average molecular weight is 453 g/mol. The monoisotopic (exact) mass is 450 g/mol. The maximum Gasteiger partial charge on any atom is 0.133 e. The molecule has 1 nitrogen and oxygen atoms in total. The van der Waals surface area contributed by atoms with Crippen molar-refractivity contribution in [1.82, 2.24) is 0 Å². The molecule has 0 aliphatic carbocycles. The highest BCUT2D eigenvalue weighted by molar-refractivity contribution is 9.10. The Kier molecular flexibility index (Phi) is 6.42. The molecule has 0 heterocycles. The fourth-order valence-electron chi connectivity index (χ4n) is 1.89. The number of alkyl halides is 1. The predicted molar refractivity (Wildman–Crippen MR) is 96.8 cm³/mol. The van der Waals surface area contributed by atoms with E-state index in [1.54, 1.807) is 0 Å². The summed E-state index contributed by atoms with van der Waals surface area (Å²) in [5, 5.41) is 0.340. The molecular weight excluding hydrogens is 439 g/mol. The van der Waals surface area contributed by atoms with E-state index in [2.05, 4.69) is 38.8 Å². The Labute approximate surface area is 151 Å². The third kappa shape index (κ3) is 4.38. The Hall–Kier alpha value is -0.220. The van der Waals surface area contributed by atoms with Gasteiger partial charge in [-0.15, -0.1) is 11.6 Å². The highest BCUT2D eigenvalue weighted by Crippen LogP contribution is 2.38. The van der Waals surface area contributed by atoms with Crippen molar-refractivity contribution in [3.05, 3.63) is 61.5 Å². The molecule has 2 aromatic rings. The minimum absolute atomic E-state index is 0.313. The molecule has 0 radical (unpaired) electrons. The zero-order valence-corrected chi connectivity index (χ0v) is 16.1. The summed E-state index contributed by atoms with van der Waals surface area (Å²) in [6.45, 7) is 2.77. The smallest absolute Gasteiger partial charge is 0.133 e. The summed E-state index contributed by atoms with van der Waals surface area (Å²) >= 11 is 19.8. The second kappa shape index (κ2) is 7.87.